The maximum Gasteiger partial charge on any atom is 0.325 e. The largest absolute Gasteiger partial charge is 0.480 e. The van der Waals surface area contributed by atoms with E-state index < -0.39 is 29.8 Å². The molecule has 0 fully saturated rings. The first-order valence-corrected chi connectivity index (χ1v) is 5.99. The van der Waals surface area contributed by atoms with E-state index in [1.165, 1.54) is 25.1 Å². The number of carbonyl (C=O) groups is 2. The van der Waals surface area contributed by atoms with Crippen molar-refractivity contribution in [3.8, 4) is 0 Å². The van der Waals surface area contributed by atoms with Crippen LogP contribution in [0.25, 0.3) is 0 Å². The van der Waals surface area contributed by atoms with E-state index >= 15 is 0 Å². The molecule has 0 bridgehead atoms. The number of aliphatic carboxylic acids is 1. The molecular formula is C13H13FN2O4. The molecule has 1 unspecified atom stereocenters. The minimum atomic E-state index is -1.14. The Morgan fingerprint density at radius 1 is 1.55 bits per heavy atom. The number of halogens is 1. The smallest absolute Gasteiger partial charge is 0.325 e. The molecule has 2 atom stereocenters. The average molecular weight is 280 g/mol. The van der Waals surface area contributed by atoms with Crippen LogP contribution in [0.2, 0.25) is 0 Å². The molecule has 2 rings (SSSR count). The Labute approximate surface area is 114 Å². The highest BCUT2D eigenvalue weighted by atomic mass is 19.1. The molecular weight excluding hydrogens is 267 g/mol. The molecule has 0 radical (unpaired) electrons. The molecule has 0 spiro atoms. The van der Waals surface area contributed by atoms with Gasteiger partial charge in [-0.05, 0) is 19.1 Å². The highest BCUT2D eigenvalue weighted by Gasteiger charge is 2.30. The van der Waals surface area contributed by atoms with Crippen molar-refractivity contribution in [3.05, 3.63) is 35.6 Å². The number of amides is 1. The van der Waals surface area contributed by atoms with Crippen molar-refractivity contribution in [3.63, 3.8) is 0 Å². The van der Waals surface area contributed by atoms with E-state index in [1.54, 1.807) is 6.07 Å². The number of nitrogens with zero attached hydrogens (tertiary/aromatic N) is 1. The molecule has 1 aromatic carbocycles. The lowest BCUT2D eigenvalue weighted by Crippen LogP contribution is -2.43. The molecule has 1 aromatic rings. The van der Waals surface area contributed by atoms with Crippen molar-refractivity contribution in [1.29, 1.82) is 0 Å². The summed E-state index contributed by atoms with van der Waals surface area (Å²) >= 11 is 0. The average Bonchev–Trinajstić information content (AvgIpc) is 2.88. The number of rotatable bonds is 4. The normalized spacial score (nSPS) is 18.9. The number of hydrogen-bond acceptors (Lipinski definition) is 4. The van der Waals surface area contributed by atoms with Crippen LogP contribution in [0, 0.1) is 5.82 Å². The lowest BCUT2D eigenvalue weighted by atomic mass is 10.0. The van der Waals surface area contributed by atoms with Crippen LogP contribution in [0.3, 0.4) is 0 Å². The number of carboxylic acid groups (broad SMARTS) is 1. The summed E-state index contributed by atoms with van der Waals surface area (Å²) in [6.45, 7) is 1.35. The summed E-state index contributed by atoms with van der Waals surface area (Å²) in [6.07, 6.45) is -0.725. The highest BCUT2D eigenvalue weighted by Crippen LogP contribution is 2.17. The van der Waals surface area contributed by atoms with Crippen molar-refractivity contribution in [2.24, 2.45) is 5.16 Å². The summed E-state index contributed by atoms with van der Waals surface area (Å²) in [6, 6.07) is 4.78. The van der Waals surface area contributed by atoms with Crippen LogP contribution < -0.4 is 5.32 Å². The molecule has 0 aliphatic carbocycles. The second-order valence-corrected chi connectivity index (χ2v) is 4.42. The second-order valence-electron chi connectivity index (χ2n) is 4.42. The Balaban J connectivity index is 1.98. The molecule has 20 heavy (non-hydrogen) atoms. The summed E-state index contributed by atoms with van der Waals surface area (Å²) in [5.41, 5.74) is 0.985. The van der Waals surface area contributed by atoms with Crippen LogP contribution in [0.1, 0.15) is 18.9 Å². The van der Waals surface area contributed by atoms with Gasteiger partial charge in [0.05, 0.1) is 5.71 Å². The number of carboxylic acids is 1. The molecule has 0 saturated heterocycles. The molecule has 0 aromatic heterocycles. The molecule has 1 aliphatic heterocycles. The number of carbonyl (C=O) groups excluding carboxylic acids is 1. The van der Waals surface area contributed by atoms with E-state index in [1.807, 2.05) is 0 Å². The van der Waals surface area contributed by atoms with Gasteiger partial charge < -0.3 is 15.3 Å². The summed E-state index contributed by atoms with van der Waals surface area (Å²) in [4.78, 5) is 27.4. The van der Waals surface area contributed by atoms with Gasteiger partial charge in [-0.3, -0.25) is 9.59 Å². The fourth-order valence-corrected chi connectivity index (χ4v) is 1.72. The molecule has 2 N–H and O–H groups in total. The molecule has 7 heteroatoms. The van der Waals surface area contributed by atoms with Crippen molar-refractivity contribution in [2.75, 3.05) is 0 Å². The zero-order valence-corrected chi connectivity index (χ0v) is 10.7. The Morgan fingerprint density at radius 2 is 2.30 bits per heavy atom. The highest BCUT2D eigenvalue weighted by molar-refractivity contribution is 6.04. The summed E-state index contributed by atoms with van der Waals surface area (Å²) in [7, 11) is 0. The molecule has 0 saturated carbocycles. The third-order valence-electron chi connectivity index (χ3n) is 2.85. The molecule has 1 amide bonds. The van der Waals surface area contributed by atoms with Gasteiger partial charge in [0.15, 0.2) is 0 Å². The minimum absolute atomic E-state index is 0.168. The van der Waals surface area contributed by atoms with Crippen LogP contribution in [0.5, 0.6) is 0 Å². The quantitative estimate of drug-likeness (QED) is 0.858. The van der Waals surface area contributed by atoms with Crippen LogP contribution >= 0.6 is 0 Å². The maximum absolute atomic E-state index is 13.1. The van der Waals surface area contributed by atoms with Crippen LogP contribution in [-0.2, 0) is 14.4 Å². The van der Waals surface area contributed by atoms with Crippen molar-refractivity contribution < 1.29 is 23.9 Å². The zero-order chi connectivity index (χ0) is 14.7. The molecule has 1 aliphatic rings. The third kappa shape index (κ3) is 3.11. The van der Waals surface area contributed by atoms with E-state index in [0.717, 1.165) is 0 Å². The van der Waals surface area contributed by atoms with Gasteiger partial charge in [-0.25, -0.2) is 4.39 Å². The van der Waals surface area contributed by atoms with Gasteiger partial charge in [0.2, 0.25) is 6.10 Å². The van der Waals surface area contributed by atoms with Gasteiger partial charge in [0, 0.05) is 12.0 Å². The number of nitrogens with one attached hydrogen (secondary N) is 1. The van der Waals surface area contributed by atoms with Crippen molar-refractivity contribution >= 4 is 17.6 Å². The predicted molar refractivity (Wildman–Crippen MR) is 67.7 cm³/mol. The van der Waals surface area contributed by atoms with Gasteiger partial charge in [-0.2, -0.15) is 0 Å². The van der Waals surface area contributed by atoms with E-state index in [9.17, 15) is 14.0 Å². The Kier molecular flexibility index (Phi) is 3.97. The third-order valence-corrected chi connectivity index (χ3v) is 2.85. The van der Waals surface area contributed by atoms with Crippen LogP contribution in [-0.4, -0.2) is 34.8 Å². The maximum atomic E-state index is 13.1. The topological polar surface area (TPSA) is 88.0 Å². The van der Waals surface area contributed by atoms with E-state index in [4.69, 9.17) is 9.94 Å². The first kappa shape index (κ1) is 14.0. The summed E-state index contributed by atoms with van der Waals surface area (Å²) in [5.74, 6) is -2.10. The van der Waals surface area contributed by atoms with E-state index in [0.29, 0.717) is 11.3 Å². The zero-order valence-electron chi connectivity index (χ0n) is 10.7. The first-order valence-electron chi connectivity index (χ1n) is 5.99. The molecule has 106 valence electrons. The lowest BCUT2D eigenvalue weighted by molar-refractivity contribution is -0.143. The lowest BCUT2D eigenvalue weighted by Gasteiger charge is -2.12. The Morgan fingerprint density at radius 3 is 2.95 bits per heavy atom. The monoisotopic (exact) mass is 280 g/mol. The molecule has 6 nitrogen and oxygen atoms in total. The minimum Gasteiger partial charge on any atom is -0.480 e. The first-order chi connectivity index (χ1) is 9.47. The van der Waals surface area contributed by atoms with E-state index in [-0.39, 0.29) is 6.42 Å². The second kappa shape index (κ2) is 5.68. The van der Waals surface area contributed by atoms with Gasteiger partial charge >= 0.3 is 5.97 Å². The SMILES string of the molecule is C[C@H](NC(=O)C1CC(c2cccc(F)c2)=NO1)C(=O)O. The fourth-order valence-electron chi connectivity index (χ4n) is 1.72. The van der Waals surface area contributed by atoms with Crippen molar-refractivity contribution in [1.82, 2.24) is 5.32 Å². The Bertz CT molecular complexity index is 573. The number of benzene rings is 1. The van der Waals surface area contributed by atoms with Crippen molar-refractivity contribution in [2.45, 2.75) is 25.5 Å². The predicted octanol–water partition coefficient (Wildman–Crippen LogP) is 0.908. The van der Waals surface area contributed by atoms with Crippen LogP contribution in [0.4, 0.5) is 4.39 Å². The Hall–Kier alpha value is -2.44. The summed E-state index contributed by atoms with van der Waals surface area (Å²) in [5, 5.41) is 14.7. The van der Waals surface area contributed by atoms with E-state index in [2.05, 4.69) is 10.5 Å². The van der Waals surface area contributed by atoms with Gasteiger partial charge in [-0.1, -0.05) is 17.3 Å². The van der Waals surface area contributed by atoms with Gasteiger partial charge in [0.25, 0.3) is 5.91 Å². The van der Waals surface area contributed by atoms with Gasteiger partial charge in [-0.15, -0.1) is 0 Å². The number of hydrogen-bond donors (Lipinski definition) is 2. The standard InChI is InChI=1S/C13H13FN2O4/c1-7(13(18)19)15-12(17)11-6-10(16-20-11)8-3-2-4-9(14)5-8/h2-5,7,11H,6H2,1H3,(H,15,17)(H,18,19)/t7-,11?/m0/s1. The summed E-state index contributed by atoms with van der Waals surface area (Å²) < 4.78 is 13.1. The number of oxime groups is 1. The fraction of sp³-hybridized carbons (Fsp3) is 0.308. The molecule has 1 heterocycles. The van der Waals surface area contributed by atoms with Gasteiger partial charge in [0.1, 0.15) is 11.9 Å². The van der Waals surface area contributed by atoms with Crippen LogP contribution in [0.15, 0.2) is 29.4 Å².